The molecule has 0 fully saturated rings. The van der Waals surface area contributed by atoms with Crippen LogP contribution in [0.5, 0.6) is 0 Å². The molecule has 6 rings (SSSR count). The fraction of sp³-hybridized carbons (Fsp3) is 0.214. The standard InChI is InChI=1S/C28H24/c1-16(2)26-17(3)12-13-22-24(26)15-25-27-19-9-5-4-8-18(19)14-23(27)20-10-6-7-11-21(20)28(22)25/h4-13,16H,14-15H2,1-3H3. The third kappa shape index (κ3) is 1.96. The first-order chi connectivity index (χ1) is 13.6. The largest absolute Gasteiger partial charge is 0.0619 e. The lowest BCUT2D eigenvalue weighted by atomic mass is 9.88. The molecule has 4 aromatic carbocycles. The van der Waals surface area contributed by atoms with Gasteiger partial charge in [0, 0.05) is 0 Å². The van der Waals surface area contributed by atoms with Crippen LogP contribution in [0.15, 0.2) is 60.7 Å². The number of hydrogen-bond acceptors (Lipinski definition) is 0. The molecular weight excluding hydrogens is 336 g/mol. The van der Waals surface area contributed by atoms with Crippen molar-refractivity contribution in [2.24, 2.45) is 0 Å². The van der Waals surface area contributed by atoms with Crippen LogP contribution in [-0.4, -0.2) is 0 Å². The molecule has 0 unspecified atom stereocenters. The summed E-state index contributed by atoms with van der Waals surface area (Å²) in [5, 5.41) is 2.87. The Kier molecular flexibility index (Phi) is 3.21. The molecule has 28 heavy (non-hydrogen) atoms. The Hall–Kier alpha value is -2.86. The molecular formula is C28H24. The summed E-state index contributed by atoms with van der Waals surface area (Å²) in [5.74, 6) is 0.552. The second-order valence-electron chi connectivity index (χ2n) is 8.74. The molecule has 0 spiro atoms. The summed E-state index contributed by atoms with van der Waals surface area (Å²) in [6.45, 7) is 6.95. The highest BCUT2D eigenvalue weighted by molar-refractivity contribution is 6.09. The van der Waals surface area contributed by atoms with Crippen molar-refractivity contribution in [3.05, 3.63) is 94.0 Å². The van der Waals surface area contributed by atoms with E-state index in [2.05, 4.69) is 81.4 Å². The Bertz CT molecular complexity index is 1290. The molecule has 4 aromatic rings. The Morgan fingerprint density at radius 3 is 2.21 bits per heavy atom. The van der Waals surface area contributed by atoms with Crippen molar-refractivity contribution in [1.82, 2.24) is 0 Å². The average Bonchev–Trinajstić information content (AvgIpc) is 3.26. The summed E-state index contributed by atoms with van der Waals surface area (Å²) in [6, 6.07) is 22.8. The Morgan fingerprint density at radius 1 is 0.643 bits per heavy atom. The van der Waals surface area contributed by atoms with Crippen molar-refractivity contribution in [2.75, 3.05) is 0 Å². The van der Waals surface area contributed by atoms with Gasteiger partial charge in [-0.1, -0.05) is 74.5 Å². The van der Waals surface area contributed by atoms with Crippen molar-refractivity contribution in [2.45, 2.75) is 39.5 Å². The monoisotopic (exact) mass is 360 g/mol. The number of rotatable bonds is 1. The van der Waals surface area contributed by atoms with E-state index in [0.29, 0.717) is 5.92 Å². The van der Waals surface area contributed by atoms with Gasteiger partial charge in [-0.3, -0.25) is 0 Å². The van der Waals surface area contributed by atoms with Crippen molar-refractivity contribution in [1.29, 1.82) is 0 Å². The van der Waals surface area contributed by atoms with Gasteiger partial charge < -0.3 is 0 Å². The molecule has 0 nitrogen and oxygen atoms in total. The predicted molar refractivity (Wildman–Crippen MR) is 119 cm³/mol. The van der Waals surface area contributed by atoms with E-state index in [-0.39, 0.29) is 0 Å². The highest BCUT2D eigenvalue weighted by Gasteiger charge is 2.32. The summed E-state index contributed by atoms with van der Waals surface area (Å²) >= 11 is 0. The van der Waals surface area contributed by atoms with Crippen LogP contribution in [0.2, 0.25) is 0 Å². The smallest absolute Gasteiger partial charge is 0.000401 e. The molecule has 2 aliphatic rings. The van der Waals surface area contributed by atoms with E-state index in [0.717, 1.165) is 12.8 Å². The van der Waals surface area contributed by atoms with Gasteiger partial charge in [0.2, 0.25) is 0 Å². The molecule has 0 bridgehead atoms. The second-order valence-corrected chi connectivity index (χ2v) is 8.74. The lowest BCUT2D eigenvalue weighted by molar-refractivity contribution is 0.842. The Morgan fingerprint density at radius 2 is 1.39 bits per heavy atom. The van der Waals surface area contributed by atoms with Crippen LogP contribution < -0.4 is 0 Å². The van der Waals surface area contributed by atoms with Crippen LogP contribution in [-0.2, 0) is 12.8 Å². The Balaban J connectivity index is 1.77. The molecule has 0 aliphatic heterocycles. The first-order valence-corrected chi connectivity index (χ1v) is 10.4. The zero-order valence-corrected chi connectivity index (χ0v) is 16.8. The van der Waals surface area contributed by atoms with Crippen LogP contribution in [0.4, 0.5) is 0 Å². The van der Waals surface area contributed by atoms with Crippen LogP contribution in [0, 0.1) is 6.92 Å². The summed E-state index contributed by atoms with van der Waals surface area (Å²) in [7, 11) is 0. The van der Waals surface area contributed by atoms with Crippen molar-refractivity contribution < 1.29 is 0 Å². The van der Waals surface area contributed by atoms with E-state index in [1.807, 2.05) is 0 Å². The van der Waals surface area contributed by atoms with Gasteiger partial charge in [0.15, 0.2) is 0 Å². The molecule has 2 aliphatic carbocycles. The first-order valence-electron chi connectivity index (χ1n) is 10.4. The number of hydrogen-bond donors (Lipinski definition) is 0. The highest BCUT2D eigenvalue weighted by atomic mass is 14.4. The van der Waals surface area contributed by atoms with E-state index in [4.69, 9.17) is 0 Å². The third-order valence-electron chi connectivity index (χ3n) is 6.86. The lowest BCUT2D eigenvalue weighted by Gasteiger charge is -2.16. The maximum absolute atomic E-state index is 2.38. The van der Waals surface area contributed by atoms with E-state index >= 15 is 0 Å². The number of benzene rings is 4. The van der Waals surface area contributed by atoms with E-state index in [9.17, 15) is 0 Å². The molecule has 0 radical (unpaired) electrons. The van der Waals surface area contributed by atoms with Gasteiger partial charge in [-0.2, -0.15) is 0 Å². The van der Waals surface area contributed by atoms with E-state index < -0.39 is 0 Å². The highest BCUT2D eigenvalue weighted by Crippen LogP contribution is 2.53. The van der Waals surface area contributed by atoms with Gasteiger partial charge in [0.1, 0.15) is 0 Å². The minimum atomic E-state index is 0.552. The van der Waals surface area contributed by atoms with Gasteiger partial charge >= 0.3 is 0 Å². The van der Waals surface area contributed by atoms with Crippen LogP contribution in [0.1, 0.15) is 53.1 Å². The van der Waals surface area contributed by atoms with Crippen molar-refractivity contribution in [3.63, 3.8) is 0 Å². The molecule has 0 saturated carbocycles. The zero-order valence-electron chi connectivity index (χ0n) is 16.8. The zero-order chi connectivity index (χ0) is 19.0. The SMILES string of the molecule is Cc1ccc2c(c1C(C)C)Cc1c3c(c4ccccc4c1-2)Cc1ccccc1-3. The first kappa shape index (κ1) is 16.1. The second kappa shape index (κ2) is 5.58. The van der Waals surface area contributed by atoms with E-state index in [1.54, 1.807) is 16.7 Å². The van der Waals surface area contributed by atoms with Crippen LogP contribution in [0.25, 0.3) is 33.0 Å². The molecule has 136 valence electrons. The number of aryl methyl sites for hydroxylation is 1. The Labute approximate surface area is 166 Å². The molecule has 0 amide bonds. The van der Waals surface area contributed by atoms with Gasteiger partial charge in [-0.15, -0.1) is 0 Å². The summed E-state index contributed by atoms with van der Waals surface area (Å²) in [6.07, 6.45) is 2.13. The maximum atomic E-state index is 2.38. The molecule has 0 heterocycles. The van der Waals surface area contributed by atoms with Gasteiger partial charge in [-0.25, -0.2) is 0 Å². The molecule has 0 saturated heterocycles. The average molecular weight is 361 g/mol. The van der Waals surface area contributed by atoms with Crippen LogP contribution >= 0.6 is 0 Å². The molecule has 0 atom stereocenters. The van der Waals surface area contributed by atoms with Gasteiger partial charge in [0.05, 0.1) is 0 Å². The van der Waals surface area contributed by atoms with Gasteiger partial charge in [-0.05, 0) is 92.1 Å². The topological polar surface area (TPSA) is 0 Å². The lowest BCUT2D eigenvalue weighted by Crippen LogP contribution is -1.99. The van der Waals surface area contributed by atoms with Crippen molar-refractivity contribution >= 4 is 10.8 Å². The molecule has 0 heteroatoms. The minimum absolute atomic E-state index is 0.552. The number of fused-ring (bicyclic) bond motifs is 10. The van der Waals surface area contributed by atoms with Crippen LogP contribution in [0.3, 0.4) is 0 Å². The summed E-state index contributed by atoms with van der Waals surface area (Å²) in [4.78, 5) is 0. The fourth-order valence-electron chi connectivity index (χ4n) is 5.86. The third-order valence-corrected chi connectivity index (χ3v) is 6.86. The molecule has 0 aromatic heterocycles. The minimum Gasteiger partial charge on any atom is -0.0619 e. The quantitative estimate of drug-likeness (QED) is 0.286. The summed E-state index contributed by atoms with van der Waals surface area (Å²) < 4.78 is 0. The van der Waals surface area contributed by atoms with Crippen molar-refractivity contribution in [3.8, 4) is 22.3 Å². The molecule has 0 N–H and O–H groups in total. The van der Waals surface area contributed by atoms with Gasteiger partial charge in [0.25, 0.3) is 0 Å². The normalized spacial score (nSPS) is 13.6. The fourth-order valence-corrected chi connectivity index (χ4v) is 5.86. The maximum Gasteiger partial charge on any atom is -0.000401 e. The summed E-state index contributed by atoms with van der Waals surface area (Å²) in [5.41, 5.74) is 15.0. The predicted octanol–water partition coefficient (Wildman–Crippen LogP) is 7.41. The van der Waals surface area contributed by atoms with E-state index in [1.165, 1.54) is 49.7 Å².